The minimum atomic E-state index is 0.416. The van der Waals surface area contributed by atoms with Crippen LogP contribution in [0.3, 0.4) is 0 Å². The predicted octanol–water partition coefficient (Wildman–Crippen LogP) is 5.45. The summed E-state index contributed by atoms with van der Waals surface area (Å²) in [6.07, 6.45) is 2.30. The van der Waals surface area contributed by atoms with Crippen molar-refractivity contribution in [2.75, 3.05) is 5.32 Å². The van der Waals surface area contributed by atoms with Crippen LogP contribution in [-0.2, 0) is 6.42 Å². The maximum absolute atomic E-state index is 3.67. The highest BCUT2D eigenvalue weighted by Gasteiger charge is 2.18. The molecular formula is C21H19N. The summed E-state index contributed by atoms with van der Waals surface area (Å²) in [4.78, 5) is 0. The molecule has 1 heterocycles. The van der Waals surface area contributed by atoms with Gasteiger partial charge in [0.05, 0.1) is 6.04 Å². The maximum Gasteiger partial charge on any atom is 0.0517 e. The zero-order valence-electron chi connectivity index (χ0n) is 12.5. The van der Waals surface area contributed by atoms with Crippen LogP contribution in [0.25, 0.3) is 11.1 Å². The normalized spacial score (nSPS) is 16.6. The number of hydrogen-bond donors (Lipinski definition) is 1. The van der Waals surface area contributed by atoms with Gasteiger partial charge in [-0.05, 0) is 41.2 Å². The lowest BCUT2D eigenvalue weighted by Gasteiger charge is -2.27. The number of rotatable bonds is 2. The summed E-state index contributed by atoms with van der Waals surface area (Å²) in [5.74, 6) is 0. The third-order valence-corrected chi connectivity index (χ3v) is 4.47. The molecule has 1 atom stereocenters. The van der Waals surface area contributed by atoms with E-state index in [-0.39, 0.29) is 0 Å². The number of aryl methyl sites for hydroxylation is 1. The highest BCUT2D eigenvalue weighted by Crippen LogP contribution is 2.33. The zero-order chi connectivity index (χ0) is 14.8. The Morgan fingerprint density at radius 1 is 0.682 bits per heavy atom. The summed E-state index contributed by atoms with van der Waals surface area (Å²) in [6.45, 7) is 0. The Labute approximate surface area is 131 Å². The SMILES string of the molecule is c1ccc(-c2ccc([C@@H]3CCc4ccccc4N3)cc2)cc1. The van der Waals surface area contributed by atoms with Gasteiger partial charge in [0, 0.05) is 5.69 Å². The Bertz CT molecular complexity index is 759. The van der Waals surface area contributed by atoms with Crippen LogP contribution < -0.4 is 5.32 Å². The molecular weight excluding hydrogens is 266 g/mol. The van der Waals surface area contributed by atoms with Crippen molar-refractivity contribution >= 4 is 5.69 Å². The van der Waals surface area contributed by atoms with Gasteiger partial charge in [0.1, 0.15) is 0 Å². The van der Waals surface area contributed by atoms with Gasteiger partial charge in [-0.25, -0.2) is 0 Å². The summed E-state index contributed by atoms with van der Waals surface area (Å²) in [5.41, 5.74) is 6.64. The van der Waals surface area contributed by atoms with Gasteiger partial charge in [0.2, 0.25) is 0 Å². The Hall–Kier alpha value is -2.54. The minimum Gasteiger partial charge on any atom is -0.378 e. The Balaban J connectivity index is 1.57. The van der Waals surface area contributed by atoms with Gasteiger partial charge in [-0.15, -0.1) is 0 Å². The molecule has 0 aromatic heterocycles. The predicted molar refractivity (Wildman–Crippen MR) is 93.0 cm³/mol. The Kier molecular flexibility index (Phi) is 3.40. The second kappa shape index (κ2) is 5.69. The first-order valence-corrected chi connectivity index (χ1v) is 7.90. The first kappa shape index (κ1) is 13.1. The van der Waals surface area contributed by atoms with Gasteiger partial charge in [0.25, 0.3) is 0 Å². The lowest BCUT2D eigenvalue weighted by Crippen LogP contribution is -2.17. The topological polar surface area (TPSA) is 12.0 Å². The molecule has 0 spiro atoms. The lowest BCUT2D eigenvalue weighted by atomic mass is 9.92. The molecule has 0 bridgehead atoms. The van der Waals surface area contributed by atoms with Gasteiger partial charge in [-0.1, -0.05) is 72.8 Å². The average molecular weight is 285 g/mol. The monoisotopic (exact) mass is 285 g/mol. The molecule has 3 aromatic rings. The summed E-state index contributed by atoms with van der Waals surface area (Å²) in [7, 11) is 0. The standard InChI is InChI=1S/C21H19N/c1-2-6-16(7-3-1)17-10-12-19(13-11-17)21-15-14-18-8-4-5-9-20(18)22-21/h1-13,21-22H,14-15H2/t21-/m0/s1. The van der Waals surface area contributed by atoms with Crippen LogP contribution in [0.1, 0.15) is 23.6 Å². The molecule has 0 unspecified atom stereocenters. The van der Waals surface area contributed by atoms with E-state index in [1.54, 1.807) is 0 Å². The third kappa shape index (κ3) is 2.50. The number of para-hydroxylation sites is 1. The van der Waals surface area contributed by atoms with E-state index in [1.807, 2.05) is 0 Å². The zero-order valence-corrected chi connectivity index (χ0v) is 12.5. The molecule has 0 saturated heterocycles. The average Bonchev–Trinajstić information content (AvgIpc) is 2.62. The van der Waals surface area contributed by atoms with E-state index in [9.17, 15) is 0 Å². The number of benzene rings is 3. The largest absolute Gasteiger partial charge is 0.378 e. The van der Waals surface area contributed by atoms with Gasteiger partial charge in [0.15, 0.2) is 0 Å². The van der Waals surface area contributed by atoms with Gasteiger partial charge in [-0.2, -0.15) is 0 Å². The molecule has 0 aliphatic carbocycles. The molecule has 1 heteroatoms. The van der Waals surface area contributed by atoms with E-state index >= 15 is 0 Å². The molecule has 1 N–H and O–H groups in total. The fourth-order valence-corrected chi connectivity index (χ4v) is 3.23. The summed E-state index contributed by atoms with van der Waals surface area (Å²) < 4.78 is 0. The fourth-order valence-electron chi connectivity index (χ4n) is 3.23. The first-order valence-electron chi connectivity index (χ1n) is 7.90. The number of nitrogens with one attached hydrogen (secondary N) is 1. The van der Waals surface area contributed by atoms with Crippen molar-refractivity contribution in [3.8, 4) is 11.1 Å². The summed E-state index contributed by atoms with van der Waals surface area (Å²) >= 11 is 0. The summed E-state index contributed by atoms with van der Waals surface area (Å²) in [5, 5.41) is 3.67. The van der Waals surface area contributed by atoms with E-state index in [4.69, 9.17) is 0 Å². The molecule has 0 fully saturated rings. The van der Waals surface area contributed by atoms with Crippen LogP contribution in [0.4, 0.5) is 5.69 Å². The Morgan fingerprint density at radius 3 is 2.18 bits per heavy atom. The van der Waals surface area contributed by atoms with E-state index in [2.05, 4.69) is 84.2 Å². The first-order chi connectivity index (χ1) is 10.9. The molecule has 4 rings (SSSR count). The molecule has 1 nitrogen and oxygen atoms in total. The van der Waals surface area contributed by atoms with Gasteiger partial charge >= 0.3 is 0 Å². The lowest BCUT2D eigenvalue weighted by molar-refractivity contribution is 0.668. The summed E-state index contributed by atoms with van der Waals surface area (Å²) in [6, 6.07) is 28.6. The van der Waals surface area contributed by atoms with E-state index in [0.29, 0.717) is 6.04 Å². The van der Waals surface area contributed by atoms with Crippen LogP contribution in [0.5, 0.6) is 0 Å². The molecule has 1 aliphatic heterocycles. The Morgan fingerprint density at radius 2 is 1.36 bits per heavy atom. The second-order valence-corrected chi connectivity index (χ2v) is 5.88. The molecule has 3 aromatic carbocycles. The molecule has 22 heavy (non-hydrogen) atoms. The molecule has 0 amide bonds. The van der Waals surface area contributed by atoms with Crippen LogP contribution in [0.2, 0.25) is 0 Å². The van der Waals surface area contributed by atoms with Crippen LogP contribution in [0.15, 0.2) is 78.9 Å². The van der Waals surface area contributed by atoms with Gasteiger partial charge in [-0.3, -0.25) is 0 Å². The second-order valence-electron chi connectivity index (χ2n) is 5.88. The van der Waals surface area contributed by atoms with Crippen LogP contribution >= 0.6 is 0 Å². The van der Waals surface area contributed by atoms with Crippen molar-refractivity contribution in [1.82, 2.24) is 0 Å². The van der Waals surface area contributed by atoms with E-state index in [1.165, 1.54) is 27.9 Å². The quantitative estimate of drug-likeness (QED) is 0.660. The van der Waals surface area contributed by atoms with Crippen molar-refractivity contribution in [3.63, 3.8) is 0 Å². The van der Waals surface area contributed by atoms with Crippen molar-refractivity contribution < 1.29 is 0 Å². The van der Waals surface area contributed by atoms with Crippen molar-refractivity contribution in [2.45, 2.75) is 18.9 Å². The number of hydrogen-bond acceptors (Lipinski definition) is 1. The van der Waals surface area contributed by atoms with Crippen LogP contribution in [-0.4, -0.2) is 0 Å². The van der Waals surface area contributed by atoms with Crippen molar-refractivity contribution in [3.05, 3.63) is 90.0 Å². The van der Waals surface area contributed by atoms with E-state index in [0.717, 1.165) is 12.8 Å². The fraction of sp³-hybridized carbons (Fsp3) is 0.143. The molecule has 108 valence electrons. The molecule has 0 radical (unpaired) electrons. The minimum absolute atomic E-state index is 0.416. The highest BCUT2D eigenvalue weighted by molar-refractivity contribution is 5.64. The van der Waals surface area contributed by atoms with Gasteiger partial charge < -0.3 is 5.32 Å². The number of anilines is 1. The molecule has 1 aliphatic rings. The third-order valence-electron chi connectivity index (χ3n) is 4.47. The van der Waals surface area contributed by atoms with Crippen LogP contribution in [0, 0.1) is 0 Å². The smallest absolute Gasteiger partial charge is 0.0517 e. The van der Waals surface area contributed by atoms with Crippen molar-refractivity contribution in [1.29, 1.82) is 0 Å². The van der Waals surface area contributed by atoms with Crippen molar-refractivity contribution in [2.24, 2.45) is 0 Å². The highest BCUT2D eigenvalue weighted by atomic mass is 14.9. The maximum atomic E-state index is 3.67. The van der Waals surface area contributed by atoms with E-state index < -0.39 is 0 Å². The number of fused-ring (bicyclic) bond motifs is 1. The molecule has 0 saturated carbocycles.